The van der Waals surface area contributed by atoms with Crippen LogP contribution in [0.4, 0.5) is 0 Å². The number of aromatic nitrogens is 3. The van der Waals surface area contributed by atoms with Gasteiger partial charge in [0.1, 0.15) is 0 Å². The lowest BCUT2D eigenvalue weighted by Crippen LogP contribution is -2.26. The largest absolute Gasteiger partial charge is 0.326 e. The Bertz CT molecular complexity index is 716. The molecule has 4 rings (SSSR count). The maximum atomic E-state index is 5.97. The number of rotatable bonds is 4. The van der Waals surface area contributed by atoms with E-state index in [0.717, 1.165) is 49.6 Å². The van der Waals surface area contributed by atoms with Crippen molar-refractivity contribution < 1.29 is 0 Å². The Labute approximate surface area is 149 Å². The van der Waals surface area contributed by atoms with E-state index >= 15 is 0 Å². The van der Waals surface area contributed by atoms with Gasteiger partial charge in [0, 0.05) is 49.7 Å². The molecule has 2 aliphatic rings. The standard InChI is InChI=1S/C19H26N6/c1-24-7-2-3-19(24)15-9-14(10-21-11-15)18-5-4-17(22-23-18)13-25-8-6-16(20)12-25/h4-5,9-11,16,19H,2-3,6-8,12-13,20H2,1H3/t16?,19-/m0/s1. The minimum absolute atomic E-state index is 0.301. The summed E-state index contributed by atoms with van der Waals surface area (Å²) in [6.45, 7) is 3.98. The Morgan fingerprint density at radius 1 is 1.16 bits per heavy atom. The zero-order valence-corrected chi connectivity index (χ0v) is 14.8. The Kier molecular flexibility index (Phi) is 4.74. The molecule has 6 heteroatoms. The Hall–Kier alpha value is -1.89. The van der Waals surface area contributed by atoms with Crippen molar-refractivity contribution in [1.82, 2.24) is 25.0 Å². The van der Waals surface area contributed by atoms with Crippen LogP contribution in [0.25, 0.3) is 11.3 Å². The molecule has 0 bridgehead atoms. The molecule has 2 aliphatic heterocycles. The summed E-state index contributed by atoms with van der Waals surface area (Å²) in [4.78, 5) is 9.18. The molecule has 2 atom stereocenters. The van der Waals surface area contributed by atoms with E-state index in [1.807, 2.05) is 12.4 Å². The van der Waals surface area contributed by atoms with Crippen molar-refractivity contribution in [2.45, 2.75) is 37.9 Å². The predicted octanol–water partition coefficient (Wildman–Crippen LogP) is 1.84. The summed E-state index contributed by atoms with van der Waals surface area (Å²) in [6.07, 6.45) is 7.37. The Morgan fingerprint density at radius 3 is 2.76 bits per heavy atom. The molecule has 2 aromatic rings. The highest BCUT2D eigenvalue weighted by Crippen LogP contribution is 2.31. The molecule has 0 aliphatic carbocycles. The summed E-state index contributed by atoms with van der Waals surface area (Å²) in [6, 6.07) is 7.11. The van der Waals surface area contributed by atoms with Gasteiger partial charge in [-0.05, 0) is 56.6 Å². The SMILES string of the molecule is CN1CCC[C@H]1c1cncc(-c2ccc(CN3CCC(N)C3)nn2)c1. The van der Waals surface area contributed by atoms with E-state index in [1.165, 1.54) is 18.4 Å². The molecule has 25 heavy (non-hydrogen) atoms. The third-order valence-electron chi connectivity index (χ3n) is 5.37. The van der Waals surface area contributed by atoms with Crippen molar-refractivity contribution in [2.24, 2.45) is 5.73 Å². The fourth-order valence-electron chi connectivity index (χ4n) is 3.94. The van der Waals surface area contributed by atoms with E-state index in [2.05, 4.69) is 50.2 Å². The fourth-order valence-corrected chi connectivity index (χ4v) is 3.94. The van der Waals surface area contributed by atoms with Crippen LogP contribution in [0.1, 0.15) is 36.6 Å². The topological polar surface area (TPSA) is 71.2 Å². The Morgan fingerprint density at radius 2 is 2.08 bits per heavy atom. The van der Waals surface area contributed by atoms with Gasteiger partial charge in [-0.15, -0.1) is 0 Å². The molecule has 0 saturated carbocycles. The molecule has 0 aromatic carbocycles. The second kappa shape index (κ2) is 7.15. The van der Waals surface area contributed by atoms with E-state index in [-0.39, 0.29) is 0 Å². The fraction of sp³-hybridized carbons (Fsp3) is 0.526. The summed E-state index contributed by atoms with van der Waals surface area (Å²) in [7, 11) is 2.18. The summed E-state index contributed by atoms with van der Waals surface area (Å²) in [5.74, 6) is 0. The minimum atomic E-state index is 0.301. The van der Waals surface area contributed by atoms with E-state index < -0.39 is 0 Å². The molecule has 1 unspecified atom stereocenters. The molecule has 6 nitrogen and oxygen atoms in total. The first-order chi connectivity index (χ1) is 12.2. The van der Waals surface area contributed by atoms with Gasteiger partial charge in [-0.1, -0.05) is 0 Å². The van der Waals surface area contributed by atoms with Crippen molar-refractivity contribution in [3.63, 3.8) is 0 Å². The van der Waals surface area contributed by atoms with Crippen molar-refractivity contribution in [1.29, 1.82) is 0 Å². The van der Waals surface area contributed by atoms with E-state index in [1.54, 1.807) is 0 Å². The average Bonchev–Trinajstić information content (AvgIpc) is 3.24. The monoisotopic (exact) mass is 338 g/mol. The zero-order chi connectivity index (χ0) is 17.2. The molecule has 0 radical (unpaired) electrons. The highest BCUT2D eigenvalue weighted by atomic mass is 15.2. The highest BCUT2D eigenvalue weighted by molar-refractivity contribution is 5.58. The van der Waals surface area contributed by atoms with Crippen LogP contribution in [0.5, 0.6) is 0 Å². The molecule has 0 amide bonds. The lowest BCUT2D eigenvalue weighted by atomic mass is 10.0. The van der Waals surface area contributed by atoms with Gasteiger partial charge in [0.2, 0.25) is 0 Å². The molecule has 2 fully saturated rings. The van der Waals surface area contributed by atoms with Gasteiger partial charge >= 0.3 is 0 Å². The summed E-state index contributed by atoms with van der Waals surface area (Å²) < 4.78 is 0. The zero-order valence-electron chi connectivity index (χ0n) is 14.8. The molecule has 0 spiro atoms. The molecule has 2 aromatic heterocycles. The molecular formula is C19H26N6. The van der Waals surface area contributed by atoms with Crippen LogP contribution in [0.15, 0.2) is 30.6 Å². The predicted molar refractivity (Wildman–Crippen MR) is 97.7 cm³/mol. The molecule has 4 heterocycles. The van der Waals surface area contributed by atoms with Crippen LogP contribution >= 0.6 is 0 Å². The van der Waals surface area contributed by atoms with Crippen LogP contribution in [-0.2, 0) is 6.54 Å². The number of nitrogens with two attached hydrogens (primary N) is 1. The maximum absolute atomic E-state index is 5.97. The normalized spacial score (nSPS) is 24.9. The molecular weight excluding hydrogens is 312 g/mol. The first-order valence-electron chi connectivity index (χ1n) is 9.15. The van der Waals surface area contributed by atoms with Crippen LogP contribution in [-0.4, -0.2) is 57.7 Å². The third kappa shape index (κ3) is 3.71. The van der Waals surface area contributed by atoms with Crippen LogP contribution < -0.4 is 5.73 Å². The molecule has 2 saturated heterocycles. The first kappa shape index (κ1) is 16.6. The van der Waals surface area contributed by atoms with Crippen LogP contribution in [0.3, 0.4) is 0 Å². The maximum Gasteiger partial charge on any atom is 0.0945 e. The van der Waals surface area contributed by atoms with Gasteiger partial charge in [-0.25, -0.2) is 0 Å². The summed E-state index contributed by atoms with van der Waals surface area (Å²) in [5.41, 5.74) is 10.2. The van der Waals surface area contributed by atoms with Crippen molar-refractivity contribution in [3.05, 3.63) is 41.9 Å². The molecule has 2 N–H and O–H groups in total. The number of hydrogen-bond acceptors (Lipinski definition) is 6. The van der Waals surface area contributed by atoms with Gasteiger partial charge < -0.3 is 5.73 Å². The average molecular weight is 338 g/mol. The number of nitrogens with zero attached hydrogens (tertiary/aromatic N) is 5. The van der Waals surface area contributed by atoms with Gasteiger partial charge in [0.05, 0.1) is 11.4 Å². The second-order valence-corrected chi connectivity index (χ2v) is 7.34. The van der Waals surface area contributed by atoms with Crippen molar-refractivity contribution in [2.75, 3.05) is 26.7 Å². The van der Waals surface area contributed by atoms with Gasteiger partial charge in [0.25, 0.3) is 0 Å². The summed E-state index contributed by atoms with van der Waals surface area (Å²) in [5, 5.41) is 8.85. The van der Waals surface area contributed by atoms with E-state index in [0.29, 0.717) is 12.1 Å². The van der Waals surface area contributed by atoms with Crippen molar-refractivity contribution >= 4 is 0 Å². The lowest BCUT2D eigenvalue weighted by Gasteiger charge is -2.19. The number of pyridine rings is 1. The van der Waals surface area contributed by atoms with Crippen LogP contribution in [0.2, 0.25) is 0 Å². The van der Waals surface area contributed by atoms with Gasteiger partial charge in [-0.3, -0.25) is 14.8 Å². The third-order valence-corrected chi connectivity index (χ3v) is 5.37. The van der Waals surface area contributed by atoms with Gasteiger partial charge in [-0.2, -0.15) is 10.2 Å². The van der Waals surface area contributed by atoms with E-state index in [4.69, 9.17) is 5.73 Å². The number of hydrogen-bond donors (Lipinski definition) is 1. The van der Waals surface area contributed by atoms with Crippen molar-refractivity contribution in [3.8, 4) is 11.3 Å². The molecule has 132 valence electrons. The smallest absolute Gasteiger partial charge is 0.0945 e. The van der Waals surface area contributed by atoms with Gasteiger partial charge in [0.15, 0.2) is 0 Å². The highest BCUT2D eigenvalue weighted by Gasteiger charge is 2.23. The van der Waals surface area contributed by atoms with Crippen LogP contribution in [0, 0.1) is 0 Å². The minimum Gasteiger partial charge on any atom is -0.326 e. The second-order valence-electron chi connectivity index (χ2n) is 7.34. The summed E-state index contributed by atoms with van der Waals surface area (Å²) >= 11 is 0. The lowest BCUT2D eigenvalue weighted by molar-refractivity contribution is 0.317. The Balaban J connectivity index is 1.48. The number of likely N-dealkylation sites (tertiary alicyclic amines) is 2. The quantitative estimate of drug-likeness (QED) is 0.917. The first-order valence-corrected chi connectivity index (χ1v) is 9.15. The van der Waals surface area contributed by atoms with E-state index in [9.17, 15) is 0 Å².